The van der Waals surface area contributed by atoms with E-state index in [0.717, 1.165) is 35.2 Å². The average molecular weight is 456 g/mol. The van der Waals surface area contributed by atoms with Crippen molar-refractivity contribution in [1.82, 2.24) is 9.88 Å². The number of carbonyl (C=O) groups is 2. The van der Waals surface area contributed by atoms with Gasteiger partial charge in [0.15, 0.2) is 0 Å². The number of piperidine rings is 1. The van der Waals surface area contributed by atoms with E-state index < -0.39 is 0 Å². The van der Waals surface area contributed by atoms with Gasteiger partial charge in [0, 0.05) is 18.4 Å². The summed E-state index contributed by atoms with van der Waals surface area (Å²) < 4.78 is 0. The number of benzene rings is 2. The Bertz CT molecular complexity index is 1170. The second kappa shape index (κ2) is 9.80. The normalized spacial score (nSPS) is 18.4. The molecule has 1 aliphatic rings. The minimum Gasteiger partial charge on any atom is -0.329 e. The maximum Gasteiger partial charge on any atom is 0.273 e. The highest BCUT2D eigenvalue weighted by molar-refractivity contribution is 5.96. The molecule has 0 radical (unpaired) electrons. The van der Waals surface area contributed by atoms with Gasteiger partial charge < -0.3 is 10.2 Å². The number of likely N-dealkylation sites (tertiary alicyclic amines) is 1. The summed E-state index contributed by atoms with van der Waals surface area (Å²) in [6, 6.07) is 21.3. The third-order valence-electron chi connectivity index (χ3n) is 6.58. The van der Waals surface area contributed by atoms with Crippen molar-refractivity contribution in [3.05, 3.63) is 95.3 Å². The number of nitrogens with zero attached hydrogens (tertiary/aromatic N) is 2. The molecule has 1 saturated heterocycles. The van der Waals surface area contributed by atoms with Crippen molar-refractivity contribution in [2.75, 3.05) is 11.9 Å². The van der Waals surface area contributed by atoms with E-state index in [4.69, 9.17) is 0 Å². The SMILES string of the molecule is Cc1cccnc1C(=O)N1CCC[C@H](C(=O)Nc2cccc(C(C)(C)C)c2)[C@@H]1c1ccccc1. The molecular weight excluding hydrogens is 422 g/mol. The molecule has 0 saturated carbocycles. The van der Waals surface area contributed by atoms with Gasteiger partial charge >= 0.3 is 0 Å². The number of nitrogens with one attached hydrogen (secondary N) is 1. The standard InChI is InChI=1S/C29H33N3O2/c1-20-11-9-17-30-25(20)28(34)32-18-10-16-24(26(32)21-12-6-5-7-13-21)27(33)31-23-15-8-14-22(19-23)29(2,3)4/h5-9,11-15,17,19,24,26H,10,16,18H2,1-4H3,(H,31,33)/t24-,26-/m0/s1. The molecule has 1 fully saturated rings. The fourth-order valence-corrected chi connectivity index (χ4v) is 4.70. The number of hydrogen-bond donors (Lipinski definition) is 1. The Morgan fingerprint density at radius 2 is 1.76 bits per heavy atom. The zero-order valence-corrected chi connectivity index (χ0v) is 20.4. The molecule has 2 amide bonds. The molecule has 2 atom stereocenters. The summed E-state index contributed by atoms with van der Waals surface area (Å²) >= 11 is 0. The third kappa shape index (κ3) is 5.04. The Balaban J connectivity index is 1.66. The third-order valence-corrected chi connectivity index (χ3v) is 6.58. The lowest BCUT2D eigenvalue weighted by molar-refractivity contribution is -0.123. The Hall–Kier alpha value is -3.47. The summed E-state index contributed by atoms with van der Waals surface area (Å²) in [7, 11) is 0. The van der Waals surface area contributed by atoms with Crippen molar-refractivity contribution in [3.8, 4) is 0 Å². The molecule has 0 bridgehead atoms. The molecule has 5 heteroatoms. The summed E-state index contributed by atoms with van der Waals surface area (Å²) in [5.74, 6) is -0.545. The van der Waals surface area contributed by atoms with Crippen molar-refractivity contribution < 1.29 is 9.59 Å². The summed E-state index contributed by atoms with van der Waals surface area (Å²) in [5.41, 5.74) is 4.19. The molecule has 2 heterocycles. The lowest BCUT2D eigenvalue weighted by Crippen LogP contribution is -2.46. The Kier molecular flexibility index (Phi) is 6.82. The van der Waals surface area contributed by atoms with E-state index >= 15 is 0 Å². The number of pyridine rings is 1. The quantitative estimate of drug-likeness (QED) is 0.531. The molecule has 1 aliphatic heterocycles. The molecule has 0 spiro atoms. The van der Waals surface area contributed by atoms with E-state index in [9.17, 15) is 9.59 Å². The maximum absolute atomic E-state index is 13.6. The van der Waals surface area contributed by atoms with Crippen LogP contribution in [0.2, 0.25) is 0 Å². The first kappa shape index (κ1) is 23.7. The van der Waals surface area contributed by atoms with Crippen molar-refractivity contribution in [3.63, 3.8) is 0 Å². The summed E-state index contributed by atoms with van der Waals surface area (Å²) in [5, 5.41) is 3.14. The minimum atomic E-state index is -0.359. The highest BCUT2D eigenvalue weighted by Gasteiger charge is 2.40. The van der Waals surface area contributed by atoms with Gasteiger partial charge in [-0.2, -0.15) is 0 Å². The van der Waals surface area contributed by atoms with Gasteiger partial charge in [0.25, 0.3) is 5.91 Å². The van der Waals surface area contributed by atoms with Crippen molar-refractivity contribution in [2.24, 2.45) is 5.92 Å². The summed E-state index contributed by atoms with van der Waals surface area (Å²) in [6.45, 7) is 8.96. The first-order valence-corrected chi connectivity index (χ1v) is 11.9. The smallest absolute Gasteiger partial charge is 0.273 e. The fourth-order valence-electron chi connectivity index (χ4n) is 4.70. The van der Waals surface area contributed by atoms with Gasteiger partial charge in [-0.3, -0.25) is 14.6 Å². The predicted molar refractivity (Wildman–Crippen MR) is 136 cm³/mol. The number of aromatic nitrogens is 1. The van der Waals surface area contributed by atoms with Crippen LogP contribution in [0.25, 0.3) is 0 Å². The molecule has 34 heavy (non-hydrogen) atoms. The largest absolute Gasteiger partial charge is 0.329 e. The molecule has 0 aliphatic carbocycles. The van der Waals surface area contributed by atoms with Crippen LogP contribution in [-0.2, 0) is 10.2 Å². The number of amides is 2. The molecule has 176 valence electrons. The van der Waals surface area contributed by atoms with E-state index in [1.807, 2.05) is 72.5 Å². The first-order chi connectivity index (χ1) is 16.3. The van der Waals surface area contributed by atoms with E-state index in [-0.39, 0.29) is 29.2 Å². The second-order valence-corrected chi connectivity index (χ2v) is 10.1. The van der Waals surface area contributed by atoms with Gasteiger partial charge in [-0.1, -0.05) is 69.3 Å². The van der Waals surface area contributed by atoms with Crippen molar-refractivity contribution in [1.29, 1.82) is 0 Å². The van der Waals surface area contributed by atoms with Crippen LogP contribution in [0.5, 0.6) is 0 Å². The fraction of sp³-hybridized carbons (Fsp3) is 0.345. The van der Waals surface area contributed by atoms with Gasteiger partial charge in [0.05, 0.1) is 12.0 Å². The van der Waals surface area contributed by atoms with Gasteiger partial charge in [-0.15, -0.1) is 0 Å². The first-order valence-electron chi connectivity index (χ1n) is 11.9. The van der Waals surface area contributed by atoms with E-state index in [2.05, 4.69) is 37.1 Å². The van der Waals surface area contributed by atoms with E-state index in [0.29, 0.717) is 12.2 Å². The lowest BCUT2D eigenvalue weighted by atomic mass is 9.83. The summed E-state index contributed by atoms with van der Waals surface area (Å²) in [4.78, 5) is 33.4. The Morgan fingerprint density at radius 3 is 2.47 bits per heavy atom. The number of hydrogen-bond acceptors (Lipinski definition) is 3. The van der Waals surface area contributed by atoms with Crippen LogP contribution in [0.3, 0.4) is 0 Å². The lowest BCUT2D eigenvalue weighted by Gasteiger charge is -2.41. The topological polar surface area (TPSA) is 62.3 Å². The second-order valence-electron chi connectivity index (χ2n) is 10.1. The van der Waals surface area contributed by atoms with Crippen LogP contribution in [0.4, 0.5) is 5.69 Å². The zero-order valence-electron chi connectivity index (χ0n) is 20.4. The molecular formula is C29H33N3O2. The maximum atomic E-state index is 13.6. The van der Waals surface area contributed by atoms with Crippen molar-refractivity contribution >= 4 is 17.5 Å². The molecule has 3 aromatic rings. The van der Waals surface area contributed by atoms with Crippen LogP contribution < -0.4 is 5.32 Å². The molecule has 4 rings (SSSR count). The molecule has 0 unspecified atom stereocenters. The summed E-state index contributed by atoms with van der Waals surface area (Å²) in [6.07, 6.45) is 3.13. The van der Waals surface area contributed by atoms with Gasteiger partial charge in [-0.25, -0.2) is 0 Å². The molecule has 1 N–H and O–H groups in total. The van der Waals surface area contributed by atoms with Crippen LogP contribution in [0, 0.1) is 12.8 Å². The Labute approximate surface area is 202 Å². The zero-order chi connectivity index (χ0) is 24.3. The number of rotatable bonds is 4. The minimum absolute atomic E-state index is 0.0120. The molecule has 2 aromatic carbocycles. The predicted octanol–water partition coefficient (Wildman–Crippen LogP) is 5.92. The van der Waals surface area contributed by atoms with Gasteiger partial charge in [0.2, 0.25) is 5.91 Å². The average Bonchev–Trinajstić information content (AvgIpc) is 2.83. The van der Waals surface area contributed by atoms with Crippen LogP contribution in [0.1, 0.15) is 66.8 Å². The monoisotopic (exact) mass is 455 g/mol. The molecule has 5 nitrogen and oxygen atoms in total. The number of carbonyl (C=O) groups excluding carboxylic acids is 2. The van der Waals surface area contributed by atoms with Crippen LogP contribution in [0.15, 0.2) is 72.9 Å². The van der Waals surface area contributed by atoms with Gasteiger partial charge in [0.1, 0.15) is 5.69 Å². The van der Waals surface area contributed by atoms with E-state index in [1.54, 1.807) is 6.20 Å². The van der Waals surface area contributed by atoms with Crippen molar-refractivity contribution in [2.45, 2.75) is 52.0 Å². The highest BCUT2D eigenvalue weighted by Crippen LogP contribution is 2.38. The van der Waals surface area contributed by atoms with Crippen LogP contribution >= 0.6 is 0 Å². The highest BCUT2D eigenvalue weighted by atomic mass is 16.2. The number of anilines is 1. The Morgan fingerprint density at radius 1 is 1.00 bits per heavy atom. The van der Waals surface area contributed by atoms with E-state index in [1.165, 1.54) is 0 Å². The molecule has 1 aromatic heterocycles. The van der Waals surface area contributed by atoms with Gasteiger partial charge in [-0.05, 0) is 60.1 Å². The number of aryl methyl sites for hydroxylation is 1. The van der Waals surface area contributed by atoms with Crippen LogP contribution in [-0.4, -0.2) is 28.2 Å².